The Morgan fingerprint density at radius 1 is 0.970 bits per heavy atom. The van der Waals surface area contributed by atoms with E-state index in [0.717, 1.165) is 22.1 Å². The Kier molecular flexibility index (Phi) is 9.51. The zero-order chi connectivity index (χ0) is 24.5. The number of carbonyl (C=O) groups is 3. The van der Waals surface area contributed by atoms with Gasteiger partial charge in [0.2, 0.25) is 6.29 Å². The third kappa shape index (κ3) is 8.29. The van der Waals surface area contributed by atoms with Crippen molar-refractivity contribution >= 4 is 28.8 Å². The summed E-state index contributed by atoms with van der Waals surface area (Å²) < 4.78 is 15.6. The number of carboxylic acid groups (broad SMARTS) is 1. The minimum Gasteiger partial charge on any atom is -0.497 e. The molecule has 180 valence electrons. The van der Waals surface area contributed by atoms with Gasteiger partial charge in [0.15, 0.2) is 0 Å². The Morgan fingerprint density at radius 3 is 2.27 bits per heavy atom. The summed E-state index contributed by atoms with van der Waals surface area (Å²) in [5.74, 6) is -1.15. The minimum absolute atomic E-state index is 0.0426. The Morgan fingerprint density at radius 2 is 1.64 bits per heavy atom. The van der Waals surface area contributed by atoms with Crippen LogP contribution < -0.4 is 10.1 Å². The number of methoxy groups -OCH3 is 1. The van der Waals surface area contributed by atoms with E-state index in [1.165, 1.54) is 6.92 Å². The van der Waals surface area contributed by atoms with Crippen LogP contribution in [0.5, 0.6) is 5.75 Å². The Hall–Kier alpha value is -3.29. The van der Waals surface area contributed by atoms with Gasteiger partial charge in [-0.2, -0.15) is 0 Å². The molecule has 33 heavy (non-hydrogen) atoms. The van der Waals surface area contributed by atoms with Gasteiger partial charge < -0.3 is 24.6 Å². The van der Waals surface area contributed by atoms with Crippen LogP contribution in [0, 0.1) is 11.8 Å². The molecular formula is C25H33NO7. The largest absolute Gasteiger partial charge is 0.497 e. The Balaban J connectivity index is 1.89. The second-order valence-electron chi connectivity index (χ2n) is 8.58. The number of nitrogens with one attached hydrogen (secondary N) is 1. The highest BCUT2D eigenvalue weighted by Gasteiger charge is 2.22. The van der Waals surface area contributed by atoms with E-state index in [4.69, 9.17) is 19.3 Å². The molecule has 0 bridgehead atoms. The molecule has 1 amide bonds. The lowest BCUT2D eigenvalue weighted by Gasteiger charge is -2.20. The van der Waals surface area contributed by atoms with Crippen LogP contribution in [-0.4, -0.2) is 43.1 Å². The fourth-order valence-corrected chi connectivity index (χ4v) is 3.64. The van der Waals surface area contributed by atoms with Crippen molar-refractivity contribution in [2.75, 3.05) is 13.7 Å². The number of hydrogen-bond acceptors (Lipinski definition) is 6. The lowest BCUT2D eigenvalue weighted by Crippen LogP contribution is -2.34. The summed E-state index contributed by atoms with van der Waals surface area (Å²) >= 11 is 0. The normalized spacial score (nSPS) is 13.8. The standard InChI is InChI=1S/C25H33NO7/c1-15(2)10-18(11-23(27)28)14-26-25(30)33-17(4)32-24(29)16(3)19-6-7-21-13-22(31-5)9-8-20(21)12-19/h6-9,12-13,15-18H,10-11,14H2,1-5H3,(H,26,30)(H,27,28)/t16-,17-,18?/m0/s1. The Labute approximate surface area is 194 Å². The van der Waals surface area contributed by atoms with Crippen LogP contribution in [0.1, 0.15) is 52.0 Å². The lowest BCUT2D eigenvalue weighted by molar-refractivity contribution is -0.166. The van der Waals surface area contributed by atoms with Crippen molar-refractivity contribution in [1.29, 1.82) is 0 Å². The van der Waals surface area contributed by atoms with Crippen molar-refractivity contribution in [2.45, 2.75) is 52.7 Å². The minimum atomic E-state index is -1.09. The van der Waals surface area contributed by atoms with E-state index in [-0.39, 0.29) is 18.9 Å². The van der Waals surface area contributed by atoms with E-state index in [1.807, 2.05) is 50.2 Å². The lowest BCUT2D eigenvalue weighted by atomic mass is 9.94. The maximum absolute atomic E-state index is 12.6. The number of esters is 1. The van der Waals surface area contributed by atoms with E-state index in [9.17, 15) is 14.4 Å². The van der Waals surface area contributed by atoms with Gasteiger partial charge in [-0.15, -0.1) is 0 Å². The van der Waals surface area contributed by atoms with Crippen LogP contribution in [0.15, 0.2) is 36.4 Å². The molecule has 0 radical (unpaired) electrons. The summed E-state index contributed by atoms with van der Waals surface area (Å²) in [5.41, 5.74) is 0.777. The SMILES string of the molecule is COc1ccc2cc([C@H](C)C(=O)O[C@H](C)OC(=O)NCC(CC(=O)O)CC(C)C)ccc2c1. The van der Waals surface area contributed by atoms with Gasteiger partial charge in [-0.1, -0.05) is 38.1 Å². The second kappa shape index (κ2) is 12.1. The number of carboxylic acids is 1. The smallest absolute Gasteiger partial charge is 0.410 e. The van der Waals surface area contributed by atoms with E-state index in [2.05, 4.69) is 5.32 Å². The third-order valence-electron chi connectivity index (χ3n) is 5.28. The first-order valence-electron chi connectivity index (χ1n) is 11.0. The monoisotopic (exact) mass is 459 g/mol. The summed E-state index contributed by atoms with van der Waals surface area (Å²) in [4.78, 5) is 35.6. The molecule has 0 heterocycles. The third-order valence-corrected chi connectivity index (χ3v) is 5.28. The van der Waals surface area contributed by atoms with Crippen LogP contribution in [0.25, 0.3) is 10.8 Å². The molecule has 0 fully saturated rings. The maximum atomic E-state index is 12.6. The highest BCUT2D eigenvalue weighted by Crippen LogP contribution is 2.26. The summed E-state index contributed by atoms with van der Waals surface area (Å²) in [6.07, 6.45) is -1.24. The summed E-state index contributed by atoms with van der Waals surface area (Å²) in [5, 5.41) is 13.5. The highest BCUT2D eigenvalue weighted by molar-refractivity contribution is 5.86. The van der Waals surface area contributed by atoms with E-state index in [1.54, 1.807) is 14.0 Å². The van der Waals surface area contributed by atoms with Crippen LogP contribution in [0.2, 0.25) is 0 Å². The molecule has 0 aromatic heterocycles. The first-order valence-corrected chi connectivity index (χ1v) is 11.0. The topological polar surface area (TPSA) is 111 Å². The number of hydrogen-bond donors (Lipinski definition) is 2. The molecule has 8 nitrogen and oxygen atoms in total. The number of aliphatic carboxylic acids is 1. The van der Waals surface area contributed by atoms with E-state index >= 15 is 0 Å². The van der Waals surface area contributed by atoms with E-state index < -0.39 is 30.2 Å². The van der Waals surface area contributed by atoms with Crippen molar-refractivity contribution < 1.29 is 33.7 Å². The van der Waals surface area contributed by atoms with Crippen molar-refractivity contribution in [1.82, 2.24) is 5.32 Å². The van der Waals surface area contributed by atoms with Gasteiger partial charge >= 0.3 is 18.0 Å². The van der Waals surface area contributed by atoms with Gasteiger partial charge in [0.05, 0.1) is 13.0 Å². The van der Waals surface area contributed by atoms with Gasteiger partial charge in [-0.05, 0) is 53.6 Å². The van der Waals surface area contributed by atoms with E-state index in [0.29, 0.717) is 12.3 Å². The maximum Gasteiger partial charge on any atom is 0.410 e. The van der Waals surface area contributed by atoms with Crippen LogP contribution in [0.4, 0.5) is 4.79 Å². The highest BCUT2D eigenvalue weighted by atomic mass is 16.7. The molecule has 2 N–H and O–H groups in total. The average molecular weight is 460 g/mol. The zero-order valence-corrected chi connectivity index (χ0v) is 19.8. The molecule has 2 rings (SSSR count). The summed E-state index contributed by atoms with van der Waals surface area (Å²) in [7, 11) is 1.61. The number of ether oxygens (including phenoxy) is 3. The Bertz CT molecular complexity index is 972. The average Bonchev–Trinajstić information content (AvgIpc) is 2.75. The van der Waals surface area contributed by atoms with Gasteiger partial charge in [-0.3, -0.25) is 9.59 Å². The molecular weight excluding hydrogens is 426 g/mol. The van der Waals surface area contributed by atoms with Gasteiger partial charge in [0, 0.05) is 19.9 Å². The first-order chi connectivity index (χ1) is 15.6. The number of carbonyl (C=O) groups excluding carboxylic acids is 2. The molecule has 0 aliphatic rings. The molecule has 0 saturated carbocycles. The fraction of sp³-hybridized carbons (Fsp3) is 0.480. The van der Waals surface area contributed by atoms with Gasteiger partial charge in [0.25, 0.3) is 0 Å². The van der Waals surface area contributed by atoms with Gasteiger partial charge in [0.1, 0.15) is 5.75 Å². The van der Waals surface area contributed by atoms with Crippen LogP contribution in [-0.2, 0) is 19.1 Å². The number of amides is 1. The molecule has 0 aliphatic carbocycles. The molecule has 2 aromatic rings. The van der Waals surface area contributed by atoms with Crippen molar-refractivity contribution in [3.8, 4) is 5.75 Å². The molecule has 8 heteroatoms. The molecule has 0 aliphatic heterocycles. The summed E-state index contributed by atoms with van der Waals surface area (Å²) in [6, 6.07) is 11.4. The molecule has 0 spiro atoms. The summed E-state index contributed by atoms with van der Waals surface area (Å²) in [6.45, 7) is 7.33. The molecule has 3 atom stereocenters. The predicted octanol–water partition coefficient (Wildman–Crippen LogP) is 4.70. The number of fused-ring (bicyclic) bond motifs is 1. The number of benzene rings is 2. The zero-order valence-electron chi connectivity index (χ0n) is 19.8. The molecule has 1 unspecified atom stereocenters. The first kappa shape index (κ1) is 26.0. The van der Waals surface area contributed by atoms with Crippen molar-refractivity contribution in [3.63, 3.8) is 0 Å². The van der Waals surface area contributed by atoms with Crippen molar-refractivity contribution in [2.24, 2.45) is 11.8 Å². The fourth-order valence-electron chi connectivity index (χ4n) is 3.64. The quantitative estimate of drug-likeness (QED) is 0.370. The molecule has 0 saturated heterocycles. The van der Waals surface area contributed by atoms with Crippen LogP contribution >= 0.6 is 0 Å². The second-order valence-corrected chi connectivity index (χ2v) is 8.58. The predicted molar refractivity (Wildman–Crippen MR) is 124 cm³/mol. The van der Waals surface area contributed by atoms with Crippen LogP contribution in [0.3, 0.4) is 0 Å². The van der Waals surface area contributed by atoms with Crippen molar-refractivity contribution in [3.05, 3.63) is 42.0 Å². The number of alkyl carbamates (subject to hydrolysis) is 1. The van der Waals surface area contributed by atoms with Gasteiger partial charge in [-0.25, -0.2) is 4.79 Å². The molecule has 2 aromatic carbocycles. The number of rotatable bonds is 11.